The van der Waals surface area contributed by atoms with E-state index >= 15 is 0 Å². The maximum Gasteiger partial charge on any atom is 0.272 e. The minimum atomic E-state index is -0.237. The average Bonchev–Trinajstić information content (AvgIpc) is 2.91. The third-order valence-electron chi connectivity index (χ3n) is 4.03. The second-order valence-electron chi connectivity index (χ2n) is 5.85. The molecule has 6 heteroatoms. The molecule has 6 nitrogen and oxygen atoms in total. The monoisotopic (exact) mass is 323 g/mol. The second-order valence-corrected chi connectivity index (χ2v) is 5.85. The fraction of sp³-hybridized carbons (Fsp3) is 0.278. The molecule has 0 spiro atoms. The van der Waals surface area contributed by atoms with Crippen molar-refractivity contribution in [2.24, 2.45) is 7.05 Å². The van der Waals surface area contributed by atoms with Crippen molar-refractivity contribution >= 4 is 22.4 Å². The molecular formula is C18H21N5O. The number of nitrogens with two attached hydrogens (primary N) is 1. The molecular weight excluding hydrogens is 302 g/mol. The highest BCUT2D eigenvalue weighted by atomic mass is 16.1. The smallest absolute Gasteiger partial charge is 0.272 e. The minimum absolute atomic E-state index is 0.237. The summed E-state index contributed by atoms with van der Waals surface area (Å²) < 4.78 is 1.78. The van der Waals surface area contributed by atoms with Gasteiger partial charge < -0.3 is 11.1 Å². The summed E-state index contributed by atoms with van der Waals surface area (Å²) >= 11 is 0. The van der Waals surface area contributed by atoms with Gasteiger partial charge in [-0.1, -0.05) is 25.1 Å². The van der Waals surface area contributed by atoms with Gasteiger partial charge in [0.2, 0.25) is 0 Å². The van der Waals surface area contributed by atoms with Crippen molar-refractivity contribution in [1.29, 1.82) is 0 Å². The predicted molar refractivity (Wildman–Crippen MR) is 95.7 cm³/mol. The molecule has 0 radical (unpaired) electrons. The number of rotatable bonds is 4. The molecule has 0 saturated heterocycles. The fourth-order valence-corrected chi connectivity index (χ4v) is 2.87. The summed E-state index contributed by atoms with van der Waals surface area (Å²) in [6.45, 7) is 4.57. The van der Waals surface area contributed by atoms with Crippen molar-refractivity contribution in [3.05, 3.63) is 42.0 Å². The topological polar surface area (TPSA) is 85.8 Å². The van der Waals surface area contributed by atoms with Crippen LogP contribution in [0.1, 0.15) is 29.5 Å². The van der Waals surface area contributed by atoms with Crippen LogP contribution in [-0.4, -0.2) is 27.2 Å². The van der Waals surface area contributed by atoms with Gasteiger partial charge in [-0.25, -0.2) is 4.98 Å². The molecule has 124 valence electrons. The molecule has 3 aromatic rings. The zero-order valence-corrected chi connectivity index (χ0v) is 14.1. The van der Waals surface area contributed by atoms with E-state index < -0.39 is 0 Å². The lowest BCUT2D eigenvalue weighted by molar-refractivity contribution is 0.0950. The number of fused-ring (bicyclic) bond motifs is 1. The average molecular weight is 323 g/mol. The quantitative estimate of drug-likeness (QED) is 0.773. The summed E-state index contributed by atoms with van der Waals surface area (Å²) in [7, 11) is 1.89. The number of hydrogen-bond donors (Lipinski definition) is 2. The first kappa shape index (κ1) is 16.0. The maximum absolute atomic E-state index is 12.2. The summed E-state index contributed by atoms with van der Waals surface area (Å²) in [4.78, 5) is 16.5. The highest BCUT2D eigenvalue weighted by Gasteiger charge is 2.16. The third-order valence-corrected chi connectivity index (χ3v) is 4.03. The number of nitrogen functional groups attached to an aromatic ring is 1. The number of carbonyl (C=O) groups is 1. The van der Waals surface area contributed by atoms with E-state index in [4.69, 9.17) is 5.73 Å². The molecule has 0 aliphatic heterocycles. The van der Waals surface area contributed by atoms with Crippen LogP contribution in [0.5, 0.6) is 0 Å². The van der Waals surface area contributed by atoms with Crippen LogP contribution in [0.3, 0.4) is 0 Å². The van der Waals surface area contributed by atoms with Crippen LogP contribution in [-0.2, 0) is 7.05 Å². The molecule has 1 amide bonds. The van der Waals surface area contributed by atoms with Gasteiger partial charge in [-0.2, -0.15) is 5.10 Å². The number of nitrogens with zero attached hydrogens (tertiary/aromatic N) is 3. The number of amides is 1. The number of carbonyl (C=O) groups excluding carboxylic acids is 1. The second kappa shape index (κ2) is 6.31. The molecule has 0 atom stereocenters. The van der Waals surface area contributed by atoms with Crippen LogP contribution < -0.4 is 11.1 Å². The first-order chi connectivity index (χ1) is 11.5. The molecule has 0 aliphatic rings. The van der Waals surface area contributed by atoms with Crippen molar-refractivity contribution in [1.82, 2.24) is 20.1 Å². The van der Waals surface area contributed by atoms with E-state index in [0.717, 1.165) is 34.0 Å². The molecule has 0 saturated carbocycles. The van der Waals surface area contributed by atoms with E-state index in [-0.39, 0.29) is 11.6 Å². The molecule has 2 heterocycles. The fourth-order valence-electron chi connectivity index (χ4n) is 2.87. The molecule has 0 fully saturated rings. The van der Waals surface area contributed by atoms with Crippen molar-refractivity contribution in [2.75, 3.05) is 12.3 Å². The van der Waals surface area contributed by atoms with Gasteiger partial charge in [0.1, 0.15) is 0 Å². The van der Waals surface area contributed by atoms with Crippen LogP contribution in [0.25, 0.3) is 21.9 Å². The zero-order valence-electron chi connectivity index (χ0n) is 14.1. The van der Waals surface area contributed by atoms with Crippen molar-refractivity contribution in [3.63, 3.8) is 0 Å². The molecule has 2 aromatic heterocycles. The van der Waals surface area contributed by atoms with Crippen molar-refractivity contribution in [3.8, 4) is 11.1 Å². The Bertz CT molecular complexity index is 913. The highest BCUT2D eigenvalue weighted by molar-refractivity contribution is 6.09. The number of hydrogen-bond acceptors (Lipinski definition) is 4. The summed E-state index contributed by atoms with van der Waals surface area (Å²) in [6, 6.07) is 5.87. The van der Waals surface area contributed by atoms with E-state index in [1.165, 1.54) is 0 Å². The van der Waals surface area contributed by atoms with Crippen molar-refractivity contribution in [2.45, 2.75) is 20.3 Å². The summed E-state index contributed by atoms with van der Waals surface area (Å²) in [5.41, 5.74) is 9.90. The number of nitrogens with one attached hydrogen (secondary N) is 1. The Morgan fingerprint density at radius 2 is 2.08 bits per heavy atom. The Labute approximate surface area is 140 Å². The minimum Gasteiger partial charge on any atom is -0.396 e. The van der Waals surface area contributed by atoms with E-state index in [1.54, 1.807) is 10.9 Å². The lowest BCUT2D eigenvalue weighted by Gasteiger charge is -2.11. The molecule has 3 rings (SSSR count). The van der Waals surface area contributed by atoms with Crippen LogP contribution in [0.4, 0.5) is 5.69 Å². The van der Waals surface area contributed by atoms with Crippen LogP contribution in [0.15, 0.2) is 30.6 Å². The van der Waals surface area contributed by atoms with Crippen LogP contribution >= 0.6 is 0 Å². The summed E-state index contributed by atoms with van der Waals surface area (Å²) in [5, 5.41) is 8.96. The number of benzene rings is 1. The number of anilines is 1. The third kappa shape index (κ3) is 2.71. The van der Waals surface area contributed by atoms with Gasteiger partial charge in [0.05, 0.1) is 11.4 Å². The standard InChI is InChI=1S/C18H21N5O/c1-4-8-20-18(24)17-16(19)13-7-5-6-12(14(13)9-21-17)15-10-23(3)22-11(15)2/h5-7,9-10H,4,8,19H2,1-3H3,(H,20,24). The van der Waals surface area contributed by atoms with E-state index in [9.17, 15) is 4.79 Å². The lowest BCUT2D eigenvalue weighted by Crippen LogP contribution is -2.26. The Hall–Kier alpha value is -2.89. The van der Waals surface area contributed by atoms with Gasteiger partial charge in [-0.3, -0.25) is 9.48 Å². The molecule has 1 aromatic carbocycles. The Morgan fingerprint density at radius 1 is 1.29 bits per heavy atom. The predicted octanol–water partition coefficient (Wildman–Crippen LogP) is 2.67. The van der Waals surface area contributed by atoms with Crippen LogP contribution in [0, 0.1) is 6.92 Å². The van der Waals surface area contributed by atoms with Gasteiger partial charge >= 0.3 is 0 Å². The first-order valence-corrected chi connectivity index (χ1v) is 7.99. The highest BCUT2D eigenvalue weighted by Crippen LogP contribution is 2.33. The number of pyridine rings is 1. The maximum atomic E-state index is 12.2. The normalized spacial score (nSPS) is 11.0. The molecule has 24 heavy (non-hydrogen) atoms. The molecule has 0 unspecified atom stereocenters. The Balaban J connectivity index is 2.14. The van der Waals surface area contributed by atoms with Gasteiger partial charge in [0.25, 0.3) is 5.91 Å². The summed E-state index contributed by atoms with van der Waals surface area (Å²) in [6.07, 6.45) is 4.56. The Morgan fingerprint density at radius 3 is 2.75 bits per heavy atom. The SMILES string of the molecule is CCCNC(=O)c1ncc2c(-c3cn(C)nc3C)cccc2c1N. The van der Waals surface area contributed by atoms with Gasteiger partial charge in [-0.05, 0) is 18.9 Å². The van der Waals surface area contributed by atoms with Crippen LogP contribution in [0.2, 0.25) is 0 Å². The lowest BCUT2D eigenvalue weighted by atomic mass is 9.99. The van der Waals surface area contributed by atoms with E-state index in [0.29, 0.717) is 12.2 Å². The molecule has 0 aliphatic carbocycles. The largest absolute Gasteiger partial charge is 0.396 e. The molecule has 0 bridgehead atoms. The van der Waals surface area contributed by atoms with E-state index in [2.05, 4.69) is 15.4 Å². The summed E-state index contributed by atoms with van der Waals surface area (Å²) in [5.74, 6) is -0.237. The van der Waals surface area contributed by atoms with Gasteiger partial charge in [0.15, 0.2) is 5.69 Å². The first-order valence-electron chi connectivity index (χ1n) is 7.99. The zero-order chi connectivity index (χ0) is 17.3. The Kier molecular flexibility index (Phi) is 4.20. The molecule has 3 N–H and O–H groups in total. The van der Waals surface area contributed by atoms with E-state index in [1.807, 2.05) is 45.3 Å². The number of aromatic nitrogens is 3. The van der Waals surface area contributed by atoms with Crippen molar-refractivity contribution < 1.29 is 4.79 Å². The number of aryl methyl sites for hydroxylation is 2. The van der Waals surface area contributed by atoms with Gasteiger partial charge in [-0.15, -0.1) is 0 Å². The van der Waals surface area contributed by atoms with Gasteiger partial charge in [0, 0.05) is 42.3 Å².